The van der Waals surface area contributed by atoms with Crippen LogP contribution in [0.1, 0.15) is 32.3 Å². The van der Waals surface area contributed by atoms with Gasteiger partial charge in [-0.1, -0.05) is 30.3 Å². The zero-order valence-corrected chi connectivity index (χ0v) is 16.6. The Bertz CT molecular complexity index is 687. The molecular weight excluding hydrogens is 366 g/mol. The van der Waals surface area contributed by atoms with Gasteiger partial charge in [-0.25, -0.2) is 4.79 Å². The summed E-state index contributed by atoms with van der Waals surface area (Å²) in [4.78, 5) is 39.5. The van der Waals surface area contributed by atoms with Gasteiger partial charge < -0.3 is 10.1 Å². The van der Waals surface area contributed by atoms with Crippen LogP contribution in [0.25, 0.3) is 0 Å². The lowest BCUT2D eigenvalue weighted by molar-refractivity contribution is -0.151. The van der Waals surface area contributed by atoms with Crippen molar-refractivity contribution in [1.29, 1.82) is 5.53 Å². The topological polar surface area (TPSA) is 110 Å². The van der Waals surface area contributed by atoms with Gasteiger partial charge in [-0.05, 0) is 38.5 Å². The van der Waals surface area contributed by atoms with Gasteiger partial charge in [-0.15, -0.1) is 0 Å². The van der Waals surface area contributed by atoms with Crippen molar-refractivity contribution in [2.45, 2.75) is 50.5 Å². The molecule has 0 bridgehead atoms. The van der Waals surface area contributed by atoms with E-state index in [1.165, 1.54) is 11.8 Å². The molecular formula is C19H26N3O4S+. The number of nitrogens with zero attached hydrogens (tertiary/aromatic N) is 1. The lowest BCUT2D eigenvalue weighted by Gasteiger charge is -2.21. The van der Waals surface area contributed by atoms with E-state index in [4.69, 9.17) is 10.3 Å². The Morgan fingerprint density at radius 1 is 1.26 bits per heavy atom. The molecule has 2 N–H and O–H groups in total. The molecule has 1 amide bonds. The fourth-order valence-electron chi connectivity index (χ4n) is 2.36. The van der Waals surface area contributed by atoms with Crippen LogP contribution in [-0.4, -0.2) is 52.3 Å². The molecule has 0 aliphatic heterocycles. The van der Waals surface area contributed by atoms with Crippen molar-refractivity contribution in [3.63, 3.8) is 0 Å². The number of hydrogen-bond acceptors (Lipinski definition) is 6. The second-order valence-corrected chi connectivity index (χ2v) is 7.26. The summed E-state index contributed by atoms with van der Waals surface area (Å²) in [6.45, 7) is 3.43. The number of ketones is 1. The average molecular weight is 393 g/mol. The summed E-state index contributed by atoms with van der Waals surface area (Å²) in [6, 6.07) is 8.69. The van der Waals surface area contributed by atoms with Crippen molar-refractivity contribution in [3.05, 3.63) is 35.9 Å². The van der Waals surface area contributed by atoms with Gasteiger partial charge in [-0.2, -0.15) is 11.8 Å². The van der Waals surface area contributed by atoms with Gasteiger partial charge in [0.2, 0.25) is 11.7 Å². The van der Waals surface area contributed by atoms with Crippen molar-refractivity contribution in [1.82, 2.24) is 5.32 Å². The Balaban J connectivity index is 2.80. The van der Waals surface area contributed by atoms with Gasteiger partial charge in [0.05, 0.1) is 21.7 Å². The number of ether oxygens (including phenoxy) is 1. The molecule has 0 aromatic heterocycles. The predicted octanol–water partition coefficient (Wildman–Crippen LogP) is 2.06. The van der Waals surface area contributed by atoms with E-state index in [-0.39, 0.29) is 35.9 Å². The molecule has 0 aliphatic carbocycles. The molecule has 0 fully saturated rings. The summed E-state index contributed by atoms with van der Waals surface area (Å²) in [7, 11) is 0. The molecule has 0 saturated heterocycles. The molecule has 0 radical (unpaired) electrons. The molecule has 0 unspecified atom stereocenters. The van der Waals surface area contributed by atoms with E-state index in [9.17, 15) is 14.4 Å². The smallest absolute Gasteiger partial charge is 0.372 e. The highest BCUT2D eigenvalue weighted by Crippen LogP contribution is 2.15. The molecule has 2 atom stereocenters. The monoisotopic (exact) mass is 392 g/mol. The fraction of sp³-hybridized carbons (Fsp3) is 0.474. The molecule has 1 rings (SSSR count). The van der Waals surface area contributed by atoms with E-state index >= 15 is 0 Å². The number of rotatable bonds is 11. The van der Waals surface area contributed by atoms with Gasteiger partial charge in [-0.3, -0.25) is 9.59 Å². The average Bonchev–Trinajstić information content (AvgIpc) is 2.63. The summed E-state index contributed by atoms with van der Waals surface area (Å²) in [5.41, 5.74) is 7.70. The van der Waals surface area contributed by atoms with Crippen LogP contribution in [0, 0.1) is 5.53 Å². The summed E-state index contributed by atoms with van der Waals surface area (Å²) in [5, 5.41) is 2.34. The van der Waals surface area contributed by atoms with Crippen molar-refractivity contribution >= 4 is 35.6 Å². The quantitative estimate of drug-likeness (QED) is 0.259. The number of thioether (sulfide) groups is 1. The Morgan fingerprint density at radius 2 is 1.93 bits per heavy atom. The van der Waals surface area contributed by atoms with Crippen molar-refractivity contribution < 1.29 is 23.9 Å². The third kappa shape index (κ3) is 8.66. The third-order valence-corrected chi connectivity index (χ3v) is 4.63. The lowest BCUT2D eigenvalue weighted by atomic mass is 10.1. The van der Waals surface area contributed by atoms with E-state index in [0.717, 1.165) is 11.8 Å². The highest BCUT2D eigenvalue weighted by atomic mass is 32.2. The van der Waals surface area contributed by atoms with E-state index in [1.54, 1.807) is 13.8 Å². The number of benzene rings is 1. The Hall–Kier alpha value is -2.44. The maximum atomic E-state index is 12.7. The molecule has 0 spiro atoms. The third-order valence-electron chi connectivity index (χ3n) is 3.68. The van der Waals surface area contributed by atoms with Crippen LogP contribution in [0.4, 0.5) is 0 Å². The number of nitrogens with one attached hydrogen (secondary N) is 2. The number of hydrogen-bond donors (Lipinski definition) is 2. The second-order valence-electron chi connectivity index (χ2n) is 6.22. The Morgan fingerprint density at radius 3 is 2.48 bits per heavy atom. The van der Waals surface area contributed by atoms with Gasteiger partial charge >= 0.3 is 12.2 Å². The minimum Gasteiger partial charge on any atom is -0.461 e. The Kier molecular flexibility index (Phi) is 10.1. The Labute approximate surface area is 163 Å². The number of Topliss-reactive ketones (excluding diaryl/α,β-unsaturated/α-hetero) is 1. The van der Waals surface area contributed by atoms with Gasteiger partial charge in [0.25, 0.3) is 0 Å². The molecule has 146 valence electrons. The van der Waals surface area contributed by atoms with Crippen molar-refractivity contribution in [2.24, 2.45) is 0 Å². The first-order valence-electron chi connectivity index (χ1n) is 8.67. The van der Waals surface area contributed by atoms with Crippen molar-refractivity contribution in [2.75, 3.05) is 6.26 Å². The second kappa shape index (κ2) is 12.0. The molecule has 8 heteroatoms. The summed E-state index contributed by atoms with van der Waals surface area (Å²) < 4.78 is 5.19. The zero-order valence-electron chi connectivity index (χ0n) is 15.8. The number of carbonyl (C=O) groups is 3. The maximum absolute atomic E-state index is 12.7. The molecule has 1 aromatic rings. The minimum absolute atomic E-state index is 0.0108. The van der Waals surface area contributed by atoms with E-state index in [1.807, 2.05) is 36.6 Å². The number of carbonyl (C=O) groups excluding carboxylic acids is 3. The van der Waals surface area contributed by atoms with Gasteiger partial charge in [0.1, 0.15) is 6.04 Å². The predicted molar refractivity (Wildman–Crippen MR) is 104 cm³/mol. The number of amides is 1. The first-order valence-corrected chi connectivity index (χ1v) is 9.96. The van der Waals surface area contributed by atoms with E-state index in [0.29, 0.717) is 6.42 Å². The SMILES string of the molecule is CS[C@@H](Cc1ccccc1)C(=O)N[C@@H](CCC(=O)C=[N+]=N)C(=O)OC(C)C. The molecule has 0 heterocycles. The molecule has 0 saturated carbocycles. The van der Waals surface area contributed by atoms with Gasteiger partial charge in [0.15, 0.2) is 0 Å². The van der Waals surface area contributed by atoms with Crippen LogP contribution >= 0.6 is 11.8 Å². The fourth-order valence-corrected chi connectivity index (χ4v) is 3.00. The maximum Gasteiger partial charge on any atom is 0.372 e. The van der Waals surface area contributed by atoms with Crippen LogP contribution in [0.3, 0.4) is 0 Å². The molecule has 27 heavy (non-hydrogen) atoms. The first-order chi connectivity index (χ1) is 12.9. The zero-order chi connectivity index (χ0) is 20.2. The summed E-state index contributed by atoms with van der Waals surface area (Å²) in [6.07, 6.45) is 3.00. The molecule has 7 nitrogen and oxygen atoms in total. The number of esters is 1. The largest absolute Gasteiger partial charge is 0.461 e. The van der Waals surface area contributed by atoms with Crippen LogP contribution in [-0.2, 0) is 25.5 Å². The van der Waals surface area contributed by atoms with Crippen LogP contribution in [0.15, 0.2) is 30.3 Å². The standard InChI is InChI=1S/C19H25N3O4S/c1-13(2)26-19(25)16(10-9-15(23)12-21-20)22-18(24)17(27-3)11-14-7-5-4-6-8-14/h4-8,12-13,16-17,20H,9-11H2,1-3H3/p+1/t16-,17-/m0/s1. The van der Waals surface area contributed by atoms with E-state index < -0.39 is 12.0 Å². The van der Waals surface area contributed by atoms with Crippen molar-refractivity contribution in [3.8, 4) is 0 Å². The first kappa shape index (κ1) is 22.6. The highest BCUT2D eigenvalue weighted by molar-refractivity contribution is 7.99. The molecule has 0 aliphatic rings. The normalized spacial score (nSPS) is 12.6. The lowest BCUT2D eigenvalue weighted by Crippen LogP contribution is -2.46. The van der Waals surface area contributed by atoms with Crippen LogP contribution in [0.5, 0.6) is 0 Å². The molecule has 1 aromatic carbocycles. The van der Waals surface area contributed by atoms with Gasteiger partial charge in [0, 0.05) is 6.42 Å². The minimum atomic E-state index is -0.923. The summed E-state index contributed by atoms with van der Waals surface area (Å²) >= 11 is 1.40. The van der Waals surface area contributed by atoms with Crippen LogP contribution in [0.2, 0.25) is 0 Å². The van der Waals surface area contributed by atoms with Crippen LogP contribution < -0.4 is 5.32 Å². The van der Waals surface area contributed by atoms with E-state index in [2.05, 4.69) is 10.1 Å². The highest BCUT2D eigenvalue weighted by Gasteiger charge is 2.27. The summed E-state index contributed by atoms with van der Waals surface area (Å²) in [5.74, 6) is -1.24.